The molecule has 0 radical (unpaired) electrons. The van der Waals surface area contributed by atoms with Gasteiger partial charge in [0.1, 0.15) is 0 Å². The van der Waals surface area contributed by atoms with Crippen LogP contribution in [0.4, 0.5) is 10.2 Å². The molecule has 0 aliphatic heterocycles. The Morgan fingerprint density at radius 2 is 2.14 bits per heavy atom. The largest absolute Gasteiger partial charge is 0.344 e. The van der Waals surface area contributed by atoms with Crippen LogP contribution in [0.1, 0.15) is 13.8 Å². The van der Waals surface area contributed by atoms with Crippen LogP contribution < -0.4 is 16.0 Å². The Morgan fingerprint density at radius 1 is 1.50 bits per heavy atom. The fourth-order valence-electron chi connectivity index (χ4n) is 1.01. The number of nitrogens with two attached hydrogens (primary N) is 2. The molecule has 0 saturated carbocycles. The maximum atomic E-state index is 12.9. The first kappa shape index (κ1) is 10.4. The average Bonchev–Trinajstić information content (AvgIpc) is 2.08. The lowest BCUT2D eigenvalue weighted by Gasteiger charge is -2.02. The standard InChI is InChI=1S/C9H13FN4/c1-6(2)13-9(12)14-5-7(10)3-4-8(14)11/h3-6,11H,1-2H3,(H2,12,13)/p+1. The summed E-state index contributed by atoms with van der Waals surface area (Å²) in [6, 6.07) is 2.76. The van der Waals surface area contributed by atoms with Crippen LogP contribution in [0.3, 0.4) is 0 Å². The molecule has 1 rings (SSSR count). The molecule has 0 amide bonds. The smallest absolute Gasteiger partial charge is 0.334 e. The van der Waals surface area contributed by atoms with E-state index in [1.807, 2.05) is 13.8 Å². The molecule has 0 fully saturated rings. The quantitative estimate of drug-likeness (QED) is 0.385. The van der Waals surface area contributed by atoms with Crippen molar-refractivity contribution in [3.63, 3.8) is 0 Å². The molecule has 1 aromatic heterocycles. The van der Waals surface area contributed by atoms with E-state index in [9.17, 15) is 4.39 Å². The summed E-state index contributed by atoms with van der Waals surface area (Å²) in [5.74, 6) is 0.145. The van der Waals surface area contributed by atoms with Gasteiger partial charge in [0, 0.05) is 6.07 Å². The summed E-state index contributed by atoms with van der Waals surface area (Å²) in [6.45, 7) is 3.76. The first-order chi connectivity index (χ1) is 6.50. The highest BCUT2D eigenvalue weighted by Crippen LogP contribution is 1.96. The molecule has 0 saturated heterocycles. The first-order valence-electron chi connectivity index (χ1n) is 4.31. The molecule has 0 aliphatic rings. The van der Waals surface area contributed by atoms with Crippen molar-refractivity contribution >= 4 is 11.8 Å². The summed E-state index contributed by atoms with van der Waals surface area (Å²) in [6.07, 6.45) is 1.20. The summed E-state index contributed by atoms with van der Waals surface area (Å²) in [7, 11) is 0. The Morgan fingerprint density at radius 3 is 2.71 bits per heavy atom. The van der Waals surface area contributed by atoms with E-state index >= 15 is 0 Å². The van der Waals surface area contributed by atoms with Crippen molar-refractivity contribution in [2.45, 2.75) is 19.9 Å². The molecule has 1 heterocycles. The second-order valence-corrected chi connectivity index (χ2v) is 3.22. The summed E-state index contributed by atoms with van der Waals surface area (Å²) in [5, 5.41) is 0. The third-order valence-corrected chi connectivity index (χ3v) is 1.58. The zero-order chi connectivity index (χ0) is 10.7. The molecule has 5 heteroatoms. The highest BCUT2D eigenvalue weighted by atomic mass is 19.1. The van der Waals surface area contributed by atoms with Crippen LogP contribution in [-0.2, 0) is 0 Å². The third kappa shape index (κ3) is 2.42. The lowest BCUT2D eigenvalue weighted by Crippen LogP contribution is -2.51. The molecule has 4 nitrogen and oxygen atoms in total. The van der Waals surface area contributed by atoms with Crippen LogP contribution in [0.5, 0.6) is 0 Å². The summed E-state index contributed by atoms with van der Waals surface area (Å²) in [4.78, 5) is 4.06. The van der Waals surface area contributed by atoms with E-state index in [4.69, 9.17) is 11.5 Å². The molecular weight excluding hydrogens is 183 g/mol. The number of nitrogen functional groups attached to an aromatic ring is 1. The predicted octanol–water partition coefficient (Wildman–Crippen LogP) is 0.267. The number of hydrogen-bond donors (Lipinski definition) is 2. The first-order valence-corrected chi connectivity index (χ1v) is 4.31. The van der Waals surface area contributed by atoms with Crippen LogP contribution in [0, 0.1) is 5.82 Å². The number of aliphatic imine (C=N–C) groups is 1. The van der Waals surface area contributed by atoms with Gasteiger partial charge in [0.25, 0.3) is 0 Å². The Labute approximate surface area is 82.1 Å². The molecule has 76 valence electrons. The summed E-state index contributed by atoms with van der Waals surface area (Å²) in [5.41, 5.74) is 11.2. The Kier molecular flexibility index (Phi) is 3.01. The molecular formula is C9H14FN4+. The van der Waals surface area contributed by atoms with Gasteiger partial charge in [-0.25, -0.2) is 4.39 Å². The van der Waals surface area contributed by atoms with Crippen LogP contribution in [0.2, 0.25) is 0 Å². The molecule has 0 aromatic carbocycles. The molecule has 0 atom stereocenters. The summed E-state index contributed by atoms with van der Waals surface area (Å²) < 4.78 is 14.2. The Balaban J connectivity index is 3.12. The zero-order valence-electron chi connectivity index (χ0n) is 8.24. The monoisotopic (exact) mass is 197 g/mol. The van der Waals surface area contributed by atoms with Gasteiger partial charge in [0.15, 0.2) is 11.6 Å². The molecule has 14 heavy (non-hydrogen) atoms. The highest BCUT2D eigenvalue weighted by molar-refractivity contribution is 5.69. The number of halogens is 1. The highest BCUT2D eigenvalue weighted by Gasteiger charge is 2.09. The van der Waals surface area contributed by atoms with Gasteiger partial charge in [-0.2, -0.15) is 4.57 Å². The van der Waals surface area contributed by atoms with Gasteiger partial charge in [-0.1, -0.05) is 0 Å². The summed E-state index contributed by atoms with van der Waals surface area (Å²) >= 11 is 0. The second kappa shape index (κ2) is 4.04. The van der Waals surface area contributed by atoms with Gasteiger partial charge in [0.2, 0.25) is 0 Å². The number of rotatable bonds is 1. The molecule has 0 spiro atoms. The lowest BCUT2D eigenvalue weighted by molar-refractivity contribution is -0.543. The topological polar surface area (TPSA) is 68.3 Å². The molecule has 0 unspecified atom stereocenters. The molecule has 0 bridgehead atoms. The van der Waals surface area contributed by atoms with Gasteiger partial charge in [-0.3, -0.25) is 0 Å². The minimum Gasteiger partial charge on any atom is -0.334 e. The van der Waals surface area contributed by atoms with Crippen molar-refractivity contribution in [1.29, 1.82) is 0 Å². The van der Waals surface area contributed by atoms with E-state index in [0.29, 0.717) is 5.82 Å². The van der Waals surface area contributed by atoms with Crippen LogP contribution in [-0.4, -0.2) is 12.0 Å². The Bertz CT molecular complexity index is 360. The van der Waals surface area contributed by atoms with Crippen molar-refractivity contribution in [1.82, 2.24) is 0 Å². The van der Waals surface area contributed by atoms with Gasteiger partial charge in [-0.05, 0) is 19.9 Å². The van der Waals surface area contributed by atoms with Crippen molar-refractivity contribution in [2.75, 3.05) is 5.73 Å². The van der Waals surface area contributed by atoms with Gasteiger partial charge < -0.3 is 11.5 Å². The minimum absolute atomic E-state index is 0.0465. The van der Waals surface area contributed by atoms with Crippen LogP contribution in [0.15, 0.2) is 23.3 Å². The van der Waals surface area contributed by atoms with Gasteiger partial charge in [0.05, 0.1) is 12.2 Å². The number of pyridine rings is 1. The maximum Gasteiger partial charge on any atom is 0.344 e. The second-order valence-electron chi connectivity index (χ2n) is 3.22. The van der Waals surface area contributed by atoms with Crippen molar-refractivity contribution in [2.24, 2.45) is 10.7 Å². The van der Waals surface area contributed by atoms with E-state index in [0.717, 1.165) is 0 Å². The zero-order valence-corrected chi connectivity index (χ0v) is 8.24. The normalized spacial score (nSPS) is 12.1. The number of anilines is 1. The predicted molar refractivity (Wildman–Crippen MR) is 53.2 cm³/mol. The van der Waals surface area contributed by atoms with Crippen molar-refractivity contribution in [3.05, 3.63) is 24.1 Å². The fourth-order valence-corrected chi connectivity index (χ4v) is 1.01. The van der Waals surface area contributed by atoms with Crippen LogP contribution >= 0.6 is 0 Å². The van der Waals surface area contributed by atoms with Gasteiger partial charge >= 0.3 is 5.96 Å². The van der Waals surface area contributed by atoms with Crippen molar-refractivity contribution in [3.8, 4) is 0 Å². The minimum atomic E-state index is -0.402. The SMILES string of the molecule is CC(C)N=C(N)[n+]1cc(F)ccc1N. The van der Waals surface area contributed by atoms with Crippen molar-refractivity contribution < 1.29 is 8.96 Å². The third-order valence-electron chi connectivity index (χ3n) is 1.58. The van der Waals surface area contributed by atoms with E-state index < -0.39 is 5.82 Å². The number of aromatic nitrogens is 1. The number of hydrogen-bond acceptors (Lipinski definition) is 2. The van der Waals surface area contributed by atoms with Crippen LogP contribution in [0.25, 0.3) is 0 Å². The lowest BCUT2D eigenvalue weighted by atomic mass is 10.4. The van der Waals surface area contributed by atoms with E-state index in [1.54, 1.807) is 0 Å². The molecule has 0 aliphatic carbocycles. The number of nitrogens with zero attached hydrogens (tertiary/aromatic N) is 2. The van der Waals surface area contributed by atoms with Gasteiger partial charge in [-0.15, -0.1) is 4.99 Å². The molecule has 1 aromatic rings. The fraction of sp³-hybridized carbons (Fsp3) is 0.333. The van der Waals surface area contributed by atoms with E-state index in [1.165, 1.54) is 22.9 Å². The molecule has 4 N–H and O–H groups in total. The maximum absolute atomic E-state index is 12.9. The van der Waals surface area contributed by atoms with E-state index in [2.05, 4.69) is 4.99 Å². The average molecular weight is 197 g/mol. The van der Waals surface area contributed by atoms with E-state index in [-0.39, 0.29) is 12.0 Å². The Hall–Kier alpha value is -1.65.